The third kappa shape index (κ3) is 5.54. The maximum atomic E-state index is 14.2. The number of nitrogens with zero attached hydrogens (tertiary/aromatic N) is 2. The summed E-state index contributed by atoms with van der Waals surface area (Å²) in [5.41, 5.74) is -3.23. The Morgan fingerprint density at radius 3 is 2.51 bits per heavy atom. The Morgan fingerprint density at radius 2 is 1.86 bits per heavy atom. The van der Waals surface area contributed by atoms with Gasteiger partial charge in [-0.1, -0.05) is 38.1 Å². The lowest BCUT2D eigenvalue weighted by molar-refractivity contribution is -0.234. The number of fused-ring (bicyclic) bond motifs is 1. The van der Waals surface area contributed by atoms with E-state index in [-0.39, 0.29) is 24.3 Å². The third-order valence-corrected chi connectivity index (χ3v) is 5.75. The van der Waals surface area contributed by atoms with Crippen molar-refractivity contribution in [3.8, 4) is 11.8 Å². The number of aliphatic imine (C=N–C) groups is 1. The number of ether oxygens (including phenoxy) is 1. The molecule has 35 heavy (non-hydrogen) atoms. The molecule has 0 fully saturated rings. The average Bonchev–Trinajstić information content (AvgIpc) is 2.77. The Balaban J connectivity index is 2.06. The van der Waals surface area contributed by atoms with Crippen LogP contribution in [0.2, 0.25) is 0 Å². The summed E-state index contributed by atoms with van der Waals surface area (Å²) in [6.45, 7) is 5.16. The highest BCUT2D eigenvalue weighted by atomic mass is 19.4. The number of H-pyrrole nitrogens is 1. The van der Waals surface area contributed by atoms with Crippen molar-refractivity contribution in [3.05, 3.63) is 70.0 Å². The van der Waals surface area contributed by atoms with Crippen LogP contribution < -0.4 is 10.3 Å². The van der Waals surface area contributed by atoms with Crippen LogP contribution in [0, 0.1) is 11.3 Å². The van der Waals surface area contributed by atoms with Crippen LogP contribution in [0.4, 0.5) is 18.9 Å². The zero-order valence-electron chi connectivity index (χ0n) is 19.6. The normalized spacial score (nSPS) is 14.1. The maximum Gasteiger partial charge on any atom is 0.422 e. The lowest BCUT2D eigenvalue weighted by Crippen LogP contribution is -2.50. The summed E-state index contributed by atoms with van der Waals surface area (Å²) in [6, 6.07) is 14.4. The van der Waals surface area contributed by atoms with Gasteiger partial charge in [-0.2, -0.15) is 18.4 Å². The van der Waals surface area contributed by atoms with E-state index in [0.29, 0.717) is 34.0 Å². The minimum absolute atomic E-state index is 0.0351. The molecule has 1 unspecified atom stereocenters. The smallest absolute Gasteiger partial charge is 0.422 e. The predicted molar refractivity (Wildman–Crippen MR) is 128 cm³/mol. The topological polar surface area (TPSA) is 98.5 Å². The molecule has 3 rings (SSSR count). The summed E-state index contributed by atoms with van der Waals surface area (Å²) in [5, 5.41) is 20.5. The molecule has 1 atom stereocenters. The number of pyridine rings is 1. The van der Waals surface area contributed by atoms with Crippen LogP contribution in [0.15, 0.2) is 58.3 Å². The summed E-state index contributed by atoms with van der Waals surface area (Å²) < 4.78 is 48.3. The minimum atomic E-state index is -5.03. The van der Waals surface area contributed by atoms with E-state index < -0.39 is 23.6 Å². The number of benzene rings is 2. The van der Waals surface area contributed by atoms with Crippen LogP contribution in [0.3, 0.4) is 0 Å². The zero-order valence-corrected chi connectivity index (χ0v) is 19.6. The first-order valence-electron chi connectivity index (χ1n) is 11.0. The van der Waals surface area contributed by atoms with E-state index in [2.05, 4.69) is 9.98 Å². The molecule has 0 aliphatic rings. The Bertz CT molecular complexity index is 1340. The van der Waals surface area contributed by atoms with Gasteiger partial charge in [0.25, 0.3) is 0 Å². The second-order valence-electron chi connectivity index (χ2n) is 8.86. The second-order valence-corrected chi connectivity index (χ2v) is 8.86. The van der Waals surface area contributed by atoms with Gasteiger partial charge in [0, 0.05) is 28.8 Å². The molecule has 0 saturated carbocycles. The summed E-state index contributed by atoms with van der Waals surface area (Å²) in [6.07, 6.45) is -5.23. The molecule has 0 aliphatic heterocycles. The van der Waals surface area contributed by atoms with Crippen molar-refractivity contribution in [3.63, 3.8) is 0 Å². The molecular formula is C26H26F3N3O3. The van der Waals surface area contributed by atoms with Crippen molar-refractivity contribution in [2.45, 2.75) is 50.8 Å². The van der Waals surface area contributed by atoms with E-state index >= 15 is 0 Å². The van der Waals surface area contributed by atoms with Crippen LogP contribution in [0.1, 0.15) is 38.3 Å². The molecule has 0 bridgehead atoms. The van der Waals surface area contributed by atoms with Gasteiger partial charge in [0.05, 0.1) is 30.3 Å². The molecule has 6 nitrogen and oxygen atoms in total. The van der Waals surface area contributed by atoms with Crippen molar-refractivity contribution in [1.29, 1.82) is 5.26 Å². The van der Waals surface area contributed by atoms with E-state index in [9.17, 15) is 23.1 Å². The summed E-state index contributed by atoms with van der Waals surface area (Å²) >= 11 is 0. The van der Waals surface area contributed by atoms with Crippen molar-refractivity contribution in [2.24, 2.45) is 4.99 Å². The average molecular weight is 486 g/mol. The molecule has 0 saturated heterocycles. The van der Waals surface area contributed by atoms with E-state index in [0.717, 1.165) is 0 Å². The molecular weight excluding hydrogens is 459 g/mol. The van der Waals surface area contributed by atoms with Crippen LogP contribution in [-0.2, 0) is 11.8 Å². The van der Waals surface area contributed by atoms with Crippen LogP contribution >= 0.6 is 0 Å². The Labute approximate surface area is 200 Å². The standard InChI is InChI=1S/C26H26F3N3O3/c1-4-35-23-17(13-14-30)7-5-8-19(23)24(2,3)15-25(34,26(27,28)29)16-31-20-9-6-10-21-18(20)11-12-22(33)32-21/h5-12,16,34H,4,13,15H2,1-3H3,(H,32,33)/b31-16+. The molecule has 0 radical (unpaired) electrons. The number of aromatic amines is 1. The number of hydrogen-bond donors (Lipinski definition) is 2. The van der Waals surface area contributed by atoms with Gasteiger partial charge in [-0.05, 0) is 37.0 Å². The Hall–Kier alpha value is -3.64. The first kappa shape index (κ1) is 26.0. The summed E-state index contributed by atoms with van der Waals surface area (Å²) in [7, 11) is 0. The molecule has 3 aromatic rings. The number of nitriles is 1. The van der Waals surface area contributed by atoms with Crippen LogP contribution in [0.5, 0.6) is 5.75 Å². The molecule has 2 N–H and O–H groups in total. The SMILES string of the molecule is CCOc1c(CC#N)cccc1C(C)(C)CC(O)(/C=N/c1cccc2[nH]c(=O)ccc12)C(F)(F)F. The van der Waals surface area contributed by atoms with E-state index in [1.807, 2.05) is 6.07 Å². The van der Waals surface area contributed by atoms with Gasteiger partial charge in [-0.3, -0.25) is 9.79 Å². The quantitative estimate of drug-likeness (QED) is 0.420. The van der Waals surface area contributed by atoms with Crippen molar-refractivity contribution in [1.82, 2.24) is 4.98 Å². The number of para-hydroxylation sites is 1. The first-order chi connectivity index (χ1) is 16.4. The highest BCUT2D eigenvalue weighted by Crippen LogP contribution is 2.44. The van der Waals surface area contributed by atoms with E-state index in [4.69, 9.17) is 10.00 Å². The monoisotopic (exact) mass is 485 g/mol. The van der Waals surface area contributed by atoms with Crippen molar-refractivity contribution < 1.29 is 23.0 Å². The second kappa shape index (κ2) is 9.92. The van der Waals surface area contributed by atoms with E-state index in [1.54, 1.807) is 51.1 Å². The van der Waals surface area contributed by atoms with Gasteiger partial charge < -0.3 is 14.8 Å². The lowest BCUT2D eigenvalue weighted by atomic mass is 9.74. The number of nitrogens with one attached hydrogen (secondary N) is 1. The van der Waals surface area contributed by atoms with Crippen LogP contribution in [-0.4, -0.2) is 34.7 Å². The fourth-order valence-corrected chi connectivity index (χ4v) is 4.10. The number of aromatic nitrogens is 1. The maximum absolute atomic E-state index is 14.2. The Kier molecular flexibility index (Phi) is 7.36. The molecule has 0 amide bonds. The third-order valence-electron chi connectivity index (χ3n) is 5.75. The largest absolute Gasteiger partial charge is 0.493 e. The molecule has 0 spiro atoms. The van der Waals surface area contributed by atoms with Gasteiger partial charge in [0.1, 0.15) is 5.75 Å². The van der Waals surface area contributed by atoms with Gasteiger partial charge in [0.2, 0.25) is 5.56 Å². The molecule has 0 aliphatic carbocycles. The number of halogens is 3. The number of rotatable bonds is 8. The number of hydrogen-bond acceptors (Lipinski definition) is 5. The van der Waals surface area contributed by atoms with Crippen molar-refractivity contribution >= 4 is 22.8 Å². The van der Waals surface area contributed by atoms with Gasteiger partial charge in [0.15, 0.2) is 5.60 Å². The van der Waals surface area contributed by atoms with E-state index in [1.165, 1.54) is 18.2 Å². The van der Waals surface area contributed by atoms with Crippen molar-refractivity contribution in [2.75, 3.05) is 6.61 Å². The molecule has 1 aromatic heterocycles. The predicted octanol–water partition coefficient (Wildman–Crippen LogP) is 5.36. The number of aliphatic hydroxyl groups is 1. The van der Waals surface area contributed by atoms with Gasteiger partial charge in [-0.25, -0.2) is 0 Å². The summed E-state index contributed by atoms with van der Waals surface area (Å²) in [4.78, 5) is 18.2. The minimum Gasteiger partial charge on any atom is -0.493 e. The molecule has 1 heterocycles. The fourth-order valence-electron chi connectivity index (χ4n) is 4.10. The van der Waals surface area contributed by atoms with Crippen LogP contribution in [0.25, 0.3) is 10.9 Å². The molecule has 9 heteroatoms. The molecule has 184 valence electrons. The lowest BCUT2D eigenvalue weighted by Gasteiger charge is -2.36. The number of alkyl halides is 3. The highest BCUT2D eigenvalue weighted by Gasteiger charge is 2.55. The van der Waals surface area contributed by atoms with Gasteiger partial charge in [-0.15, -0.1) is 0 Å². The summed E-state index contributed by atoms with van der Waals surface area (Å²) in [5.74, 6) is 0.348. The first-order valence-corrected chi connectivity index (χ1v) is 11.0. The van der Waals surface area contributed by atoms with Gasteiger partial charge >= 0.3 is 6.18 Å². The fraction of sp³-hybridized carbons (Fsp3) is 0.346. The molecule has 2 aromatic carbocycles. The zero-order chi connectivity index (χ0) is 25.9. The Morgan fingerprint density at radius 1 is 1.14 bits per heavy atom. The highest BCUT2D eigenvalue weighted by molar-refractivity contribution is 5.91.